The molecule has 2 aromatic carbocycles. The monoisotopic (exact) mass is 451 g/mol. The molecular weight excluding hydrogens is 429 g/mol. The number of anilines is 3. The molecular formula is C23H22FN5O2S. The topological polar surface area (TPSA) is 103 Å². The maximum Gasteiger partial charge on any atom is 0.264 e. The van der Waals surface area contributed by atoms with Crippen LogP contribution in [-0.2, 0) is 0 Å². The molecule has 0 amide bonds. The van der Waals surface area contributed by atoms with Gasteiger partial charge in [-0.25, -0.2) is 9.37 Å². The second-order valence-electron chi connectivity index (χ2n) is 7.96. The number of nitrogens with one attached hydrogen (secondary N) is 3. The molecule has 7 nitrogen and oxygen atoms in total. The van der Waals surface area contributed by atoms with Gasteiger partial charge in [0.05, 0.1) is 10.2 Å². The van der Waals surface area contributed by atoms with Crippen molar-refractivity contribution >= 4 is 39.0 Å². The molecule has 2 atom stereocenters. The summed E-state index contributed by atoms with van der Waals surface area (Å²) in [6.07, 6.45) is 2.62. The molecule has 1 aliphatic carbocycles. The normalized spacial score (nSPS) is 18.2. The second-order valence-corrected chi connectivity index (χ2v) is 8.99. The third-order valence-corrected chi connectivity index (χ3v) is 6.73. The van der Waals surface area contributed by atoms with Gasteiger partial charge in [-0.05, 0) is 61.6 Å². The maximum absolute atomic E-state index is 13.2. The standard InChI is InChI=1S/C23H22FN5O2S/c24-14-6-9-15(10-7-14)26-23-28-20(25-16-8-5-13(11-16)12-30)19(21(31)29-23)22-27-17-3-1-2-4-18(17)32-22/h1-4,6-7,9-10,13,16,30H,5,8,11-12H2,(H3,25,26,28,29,31). The van der Waals surface area contributed by atoms with Gasteiger partial charge in [0, 0.05) is 18.3 Å². The molecule has 1 fully saturated rings. The van der Waals surface area contributed by atoms with Gasteiger partial charge in [0.2, 0.25) is 5.95 Å². The van der Waals surface area contributed by atoms with Crippen LogP contribution in [0.3, 0.4) is 0 Å². The van der Waals surface area contributed by atoms with E-state index in [1.165, 1.54) is 23.5 Å². The number of rotatable bonds is 6. The van der Waals surface area contributed by atoms with Crippen molar-refractivity contribution in [3.8, 4) is 10.6 Å². The van der Waals surface area contributed by atoms with Gasteiger partial charge in [0.25, 0.3) is 5.56 Å². The number of nitrogens with zero attached hydrogens (tertiary/aromatic N) is 2. The summed E-state index contributed by atoms with van der Waals surface area (Å²) in [4.78, 5) is 25.2. The molecule has 4 N–H and O–H groups in total. The molecule has 5 rings (SSSR count). The number of aliphatic hydroxyl groups is 1. The van der Waals surface area contributed by atoms with E-state index in [0.29, 0.717) is 22.1 Å². The zero-order valence-corrected chi connectivity index (χ0v) is 18.0. The fourth-order valence-corrected chi connectivity index (χ4v) is 5.06. The summed E-state index contributed by atoms with van der Waals surface area (Å²) < 4.78 is 14.2. The van der Waals surface area contributed by atoms with Crippen LogP contribution in [0.2, 0.25) is 0 Å². The molecule has 0 spiro atoms. The van der Waals surface area contributed by atoms with E-state index in [1.54, 1.807) is 12.1 Å². The second kappa shape index (κ2) is 8.68. The summed E-state index contributed by atoms with van der Waals surface area (Å²) in [6, 6.07) is 13.7. The van der Waals surface area contributed by atoms with Crippen LogP contribution in [0.15, 0.2) is 53.3 Å². The van der Waals surface area contributed by atoms with Gasteiger partial charge in [-0.3, -0.25) is 9.78 Å². The summed E-state index contributed by atoms with van der Waals surface area (Å²) in [7, 11) is 0. The van der Waals surface area contributed by atoms with Crippen LogP contribution in [0, 0.1) is 11.7 Å². The highest BCUT2D eigenvalue weighted by atomic mass is 32.1. The number of hydrogen-bond acceptors (Lipinski definition) is 7. The van der Waals surface area contributed by atoms with E-state index in [2.05, 4.69) is 25.6 Å². The Kier molecular flexibility index (Phi) is 5.59. The summed E-state index contributed by atoms with van der Waals surface area (Å²) in [5.74, 6) is 0.606. The number of H-pyrrole nitrogens is 1. The zero-order chi connectivity index (χ0) is 22.1. The van der Waals surface area contributed by atoms with Crippen LogP contribution in [-0.4, -0.2) is 32.7 Å². The molecule has 32 heavy (non-hydrogen) atoms. The molecule has 4 aromatic rings. The van der Waals surface area contributed by atoms with Crippen molar-refractivity contribution in [3.63, 3.8) is 0 Å². The van der Waals surface area contributed by atoms with E-state index in [9.17, 15) is 14.3 Å². The van der Waals surface area contributed by atoms with Gasteiger partial charge < -0.3 is 15.7 Å². The molecule has 0 aliphatic heterocycles. The van der Waals surface area contributed by atoms with E-state index >= 15 is 0 Å². The smallest absolute Gasteiger partial charge is 0.264 e. The van der Waals surface area contributed by atoms with Gasteiger partial charge >= 0.3 is 0 Å². The summed E-state index contributed by atoms with van der Waals surface area (Å²) in [5.41, 5.74) is 1.51. The van der Waals surface area contributed by atoms with Crippen LogP contribution >= 0.6 is 11.3 Å². The van der Waals surface area contributed by atoms with Crippen LogP contribution in [0.4, 0.5) is 21.8 Å². The molecule has 2 aromatic heterocycles. The highest BCUT2D eigenvalue weighted by Crippen LogP contribution is 2.34. The van der Waals surface area contributed by atoms with Crippen molar-refractivity contribution < 1.29 is 9.50 Å². The van der Waals surface area contributed by atoms with E-state index in [0.717, 1.165) is 29.5 Å². The SMILES string of the molecule is O=c1[nH]c(Nc2ccc(F)cc2)nc(NC2CCC(CO)C2)c1-c1nc2ccccc2s1. The average molecular weight is 452 g/mol. The Morgan fingerprint density at radius 2 is 1.94 bits per heavy atom. The Bertz CT molecular complexity index is 1270. The van der Waals surface area contributed by atoms with Gasteiger partial charge in [-0.1, -0.05) is 12.1 Å². The van der Waals surface area contributed by atoms with Crippen molar-refractivity contribution in [2.75, 3.05) is 17.2 Å². The van der Waals surface area contributed by atoms with Crippen molar-refractivity contribution in [1.29, 1.82) is 0 Å². The lowest BCUT2D eigenvalue weighted by Crippen LogP contribution is -2.22. The fourth-order valence-electron chi connectivity index (χ4n) is 4.05. The highest BCUT2D eigenvalue weighted by molar-refractivity contribution is 7.21. The minimum atomic E-state index is -0.342. The van der Waals surface area contributed by atoms with E-state index < -0.39 is 0 Å². The van der Waals surface area contributed by atoms with Crippen LogP contribution in [0.5, 0.6) is 0 Å². The zero-order valence-electron chi connectivity index (χ0n) is 17.1. The highest BCUT2D eigenvalue weighted by Gasteiger charge is 2.26. The lowest BCUT2D eigenvalue weighted by Gasteiger charge is -2.17. The quantitative estimate of drug-likeness (QED) is 0.344. The number of halogens is 1. The van der Waals surface area contributed by atoms with E-state index in [4.69, 9.17) is 0 Å². The predicted octanol–water partition coefficient (Wildman–Crippen LogP) is 4.50. The van der Waals surface area contributed by atoms with Gasteiger partial charge in [-0.15, -0.1) is 11.3 Å². The number of thiazole rings is 1. The third-order valence-electron chi connectivity index (χ3n) is 5.67. The number of hydrogen-bond donors (Lipinski definition) is 4. The lowest BCUT2D eigenvalue weighted by molar-refractivity contribution is 0.229. The Hall–Kier alpha value is -3.30. The largest absolute Gasteiger partial charge is 0.396 e. The number of benzene rings is 2. The molecule has 0 saturated heterocycles. The molecule has 1 saturated carbocycles. The first-order valence-electron chi connectivity index (χ1n) is 10.5. The average Bonchev–Trinajstić information content (AvgIpc) is 3.41. The first-order chi connectivity index (χ1) is 15.6. The lowest BCUT2D eigenvalue weighted by atomic mass is 10.1. The van der Waals surface area contributed by atoms with Crippen molar-refractivity contribution in [2.24, 2.45) is 5.92 Å². The molecule has 164 valence electrons. The number of para-hydroxylation sites is 1. The minimum Gasteiger partial charge on any atom is -0.396 e. The predicted molar refractivity (Wildman–Crippen MR) is 125 cm³/mol. The van der Waals surface area contributed by atoms with E-state index in [-0.39, 0.29) is 35.9 Å². The number of aromatic nitrogens is 3. The maximum atomic E-state index is 13.2. The summed E-state index contributed by atoms with van der Waals surface area (Å²) in [5, 5.41) is 16.5. The molecule has 0 radical (unpaired) electrons. The van der Waals surface area contributed by atoms with Crippen molar-refractivity contribution in [3.05, 3.63) is 64.7 Å². The van der Waals surface area contributed by atoms with Crippen LogP contribution in [0.1, 0.15) is 19.3 Å². The summed E-state index contributed by atoms with van der Waals surface area (Å²) in [6.45, 7) is 0.156. The number of aliphatic hydroxyl groups excluding tert-OH is 1. The minimum absolute atomic E-state index is 0.105. The van der Waals surface area contributed by atoms with Gasteiger partial charge in [-0.2, -0.15) is 4.98 Å². The van der Waals surface area contributed by atoms with Crippen molar-refractivity contribution in [2.45, 2.75) is 25.3 Å². The number of aromatic amines is 1. The van der Waals surface area contributed by atoms with Gasteiger partial charge in [0.15, 0.2) is 0 Å². The van der Waals surface area contributed by atoms with E-state index in [1.807, 2.05) is 24.3 Å². The number of fused-ring (bicyclic) bond motifs is 1. The fraction of sp³-hybridized carbons (Fsp3) is 0.261. The molecule has 1 aliphatic rings. The Labute approximate surface area is 187 Å². The summed E-state index contributed by atoms with van der Waals surface area (Å²) >= 11 is 1.44. The van der Waals surface area contributed by atoms with Gasteiger partial charge in [0.1, 0.15) is 22.2 Å². The Morgan fingerprint density at radius 1 is 1.12 bits per heavy atom. The molecule has 2 heterocycles. The Morgan fingerprint density at radius 3 is 2.69 bits per heavy atom. The Balaban J connectivity index is 1.54. The van der Waals surface area contributed by atoms with Crippen LogP contribution in [0.25, 0.3) is 20.8 Å². The molecule has 0 bridgehead atoms. The molecule has 9 heteroatoms. The van der Waals surface area contributed by atoms with Crippen molar-refractivity contribution in [1.82, 2.24) is 15.0 Å². The first kappa shape index (κ1) is 20.6. The molecule has 2 unspecified atom stereocenters. The first-order valence-corrected chi connectivity index (χ1v) is 11.3. The third kappa shape index (κ3) is 4.21. The van der Waals surface area contributed by atoms with Crippen LogP contribution < -0.4 is 16.2 Å².